The quantitative estimate of drug-likeness (QED) is 0.683. The second-order valence-corrected chi connectivity index (χ2v) is 9.19. The molecule has 1 heterocycles. The van der Waals surface area contributed by atoms with E-state index >= 15 is 4.20 Å². The predicted molar refractivity (Wildman–Crippen MR) is 89.0 cm³/mol. The van der Waals surface area contributed by atoms with Gasteiger partial charge in [0.05, 0.1) is 0 Å². The Bertz CT molecular complexity index is 441. The molecule has 21 heavy (non-hydrogen) atoms. The number of benzene rings is 1. The van der Waals surface area contributed by atoms with E-state index in [9.17, 15) is 0 Å². The van der Waals surface area contributed by atoms with Crippen molar-refractivity contribution in [3.63, 3.8) is 0 Å². The van der Waals surface area contributed by atoms with Crippen molar-refractivity contribution >= 4 is 7.44 Å². The molecule has 0 bridgehead atoms. The van der Waals surface area contributed by atoms with Gasteiger partial charge in [-0.3, -0.25) is 0 Å². The molecule has 5 heteroatoms. The summed E-state index contributed by atoms with van der Waals surface area (Å²) in [7, 11) is -3.87. The van der Waals surface area contributed by atoms with Crippen LogP contribution in [0.3, 0.4) is 0 Å². The molecule has 0 aliphatic carbocycles. The number of hydrogen-bond donors (Lipinski definition) is 0. The molecule has 0 saturated carbocycles. The molecule has 1 aromatic carbocycles. The molecule has 1 atom stereocenters. The van der Waals surface area contributed by atoms with Gasteiger partial charge < -0.3 is 0 Å². The zero-order chi connectivity index (χ0) is 15.5. The van der Waals surface area contributed by atoms with Crippen LogP contribution in [0.15, 0.2) is 30.3 Å². The second kappa shape index (κ2) is 6.29. The van der Waals surface area contributed by atoms with Gasteiger partial charge in [-0.1, -0.05) is 0 Å². The summed E-state index contributed by atoms with van der Waals surface area (Å²) in [6, 6.07) is 10.00. The summed E-state index contributed by atoms with van der Waals surface area (Å²) in [6.45, 7) is 10.8. The summed E-state index contributed by atoms with van der Waals surface area (Å²) in [5, 5.41) is 0. The molecule has 3 nitrogen and oxygen atoms in total. The van der Waals surface area contributed by atoms with Crippen LogP contribution in [-0.4, -0.2) is 41.7 Å². The Kier molecular flexibility index (Phi) is 5.04. The zero-order valence-corrected chi connectivity index (χ0v) is 14.5. The Morgan fingerprint density at radius 2 is 1.43 bits per heavy atom. The van der Waals surface area contributed by atoms with Crippen LogP contribution < -0.4 is 0 Å². The van der Waals surface area contributed by atoms with Crippen LogP contribution in [0, 0.1) is 0 Å². The molecule has 0 N–H and O–H groups in total. The SMILES string of the molecule is CCN(CC)P1(F)(N(CC)CC)CC(c2ccccc2)O1. The van der Waals surface area contributed by atoms with Crippen LogP contribution in [0.5, 0.6) is 0 Å². The van der Waals surface area contributed by atoms with Crippen molar-refractivity contribution in [2.45, 2.75) is 33.8 Å². The van der Waals surface area contributed by atoms with E-state index in [-0.39, 0.29) is 6.10 Å². The molecular weight excluding hydrogens is 286 g/mol. The second-order valence-electron chi connectivity index (χ2n) is 5.47. The van der Waals surface area contributed by atoms with E-state index in [2.05, 4.69) is 0 Å². The average molecular weight is 314 g/mol. The van der Waals surface area contributed by atoms with Crippen LogP contribution in [0.4, 0.5) is 4.20 Å². The summed E-state index contributed by atoms with van der Waals surface area (Å²) >= 11 is 0. The summed E-state index contributed by atoms with van der Waals surface area (Å²) in [4.78, 5) is 0. The Balaban J connectivity index is 2.30. The minimum atomic E-state index is -3.87. The van der Waals surface area contributed by atoms with Crippen molar-refractivity contribution in [3.05, 3.63) is 35.9 Å². The molecule has 0 radical (unpaired) electrons. The Morgan fingerprint density at radius 3 is 1.81 bits per heavy atom. The molecule has 1 aliphatic rings. The summed E-state index contributed by atoms with van der Waals surface area (Å²) in [5.41, 5.74) is 1.08. The van der Waals surface area contributed by atoms with Crippen LogP contribution in [0.1, 0.15) is 39.4 Å². The zero-order valence-electron chi connectivity index (χ0n) is 13.6. The van der Waals surface area contributed by atoms with Crippen molar-refractivity contribution in [2.75, 3.05) is 32.3 Å². The van der Waals surface area contributed by atoms with Gasteiger partial charge in [-0.2, -0.15) is 0 Å². The van der Waals surface area contributed by atoms with E-state index in [4.69, 9.17) is 4.52 Å². The number of nitrogens with zero attached hydrogens (tertiary/aromatic N) is 2. The predicted octanol–water partition coefficient (Wildman–Crippen LogP) is 4.62. The fraction of sp³-hybridized carbons (Fsp3) is 0.625. The molecule has 1 aliphatic heterocycles. The van der Waals surface area contributed by atoms with Gasteiger partial charge in [-0.25, -0.2) is 0 Å². The van der Waals surface area contributed by atoms with Crippen molar-refractivity contribution in [1.29, 1.82) is 0 Å². The first kappa shape index (κ1) is 16.8. The van der Waals surface area contributed by atoms with Gasteiger partial charge in [0.15, 0.2) is 0 Å². The van der Waals surface area contributed by atoms with Gasteiger partial charge >= 0.3 is 128 Å². The maximum atomic E-state index is 16.3. The number of halogens is 1. The molecule has 1 aromatic rings. The Morgan fingerprint density at radius 1 is 1.00 bits per heavy atom. The first-order chi connectivity index (χ1) is 10.0. The molecule has 2 rings (SSSR count). The van der Waals surface area contributed by atoms with Gasteiger partial charge in [0.1, 0.15) is 0 Å². The van der Waals surface area contributed by atoms with E-state index < -0.39 is 7.44 Å². The molecule has 0 amide bonds. The van der Waals surface area contributed by atoms with Gasteiger partial charge in [0.2, 0.25) is 0 Å². The third-order valence-electron chi connectivity index (χ3n) is 4.54. The molecule has 1 fully saturated rings. The topological polar surface area (TPSA) is 15.7 Å². The summed E-state index contributed by atoms with van der Waals surface area (Å²) in [5.74, 6) is 0. The van der Waals surface area contributed by atoms with Crippen molar-refractivity contribution in [2.24, 2.45) is 0 Å². The summed E-state index contributed by atoms with van der Waals surface area (Å²) in [6.07, 6.45) is 0.369. The van der Waals surface area contributed by atoms with Crippen molar-refractivity contribution in [3.8, 4) is 0 Å². The maximum absolute atomic E-state index is 16.3. The number of rotatable bonds is 7. The van der Waals surface area contributed by atoms with Gasteiger partial charge in [0.25, 0.3) is 0 Å². The third kappa shape index (κ3) is 2.63. The van der Waals surface area contributed by atoms with Crippen molar-refractivity contribution < 1.29 is 8.72 Å². The fourth-order valence-electron chi connectivity index (χ4n) is 3.44. The van der Waals surface area contributed by atoms with Gasteiger partial charge in [0, 0.05) is 0 Å². The average Bonchev–Trinajstić information content (AvgIpc) is 2.48. The standard InChI is InChI=1S/C16H28FN2OP/c1-5-18(6-2)21(17,19(7-3)8-4)14-16(20-21)15-12-10-9-11-13-15/h9-13,16H,5-8,14H2,1-4H3. The van der Waals surface area contributed by atoms with Gasteiger partial charge in [-0.05, 0) is 0 Å². The minimum absolute atomic E-state index is 0.116. The monoisotopic (exact) mass is 314 g/mol. The van der Waals surface area contributed by atoms with Crippen molar-refractivity contribution in [1.82, 2.24) is 9.34 Å². The van der Waals surface area contributed by atoms with Crippen LogP contribution >= 0.6 is 7.44 Å². The van der Waals surface area contributed by atoms with Gasteiger partial charge in [-0.15, -0.1) is 0 Å². The normalized spacial score (nSPS) is 25.3. The molecular formula is C16H28FN2OP. The van der Waals surface area contributed by atoms with Crippen LogP contribution in [0.25, 0.3) is 0 Å². The Hall–Kier alpha value is -0.540. The Labute approximate surface area is 128 Å². The fourth-order valence-corrected chi connectivity index (χ4v) is 8.10. The van der Waals surface area contributed by atoms with Crippen LogP contribution in [0.2, 0.25) is 0 Å². The van der Waals surface area contributed by atoms with E-state index in [0.29, 0.717) is 32.3 Å². The van der Waals surface area contributed by atoms with E-state index in [1.807, 2.05) is 67.4 Å². The first-order valence-electron chi connectivity index (χ1n) is 8.00. The van der Waals surface area contributed by atoms with E-state index in [1.165, 1.54) is 0 Å². The van der Waals surface area contributed by atoms with E-state index in [0.717, 1.165) is 5.56 Å². The summed E-state index contributed by atoms with van der Waals surface area (Å²) < 4.78 is 26.3. The number of hydrogen-bond acceptors (Lipinski definition) is 3. The first-order valence-corrected chi connectivity index (χ1v) is 10.1. The molecule has 1 unspecified atom stereocenters. The van der Waals surface area contributed by atoms with Crippen LogP contribution in [-0.2, 0) is 4.52 Å². The third-order valence-corrected chi connectivity index (χ3v) is 9.48. The molecule has 120 valence electrons. The molecule has 0 spiro atoms. The molecule has 0 aromatic heterocycles. The van der Waals surface area contributed by atoms with E-state index in [1.54, 1.807) is 0 Å². The molecule has 1 saturated heterocycles.